The number of rotatable bonds is 5. The van der Waals surface area contributed by atoms with Gasteiger partial charge in [-0.25, -0.2) is 19.5 Å². The molecule has 0 unspecified atom stereocenters. The largest absolute Gasteiger partial charge is 0.497 e. The zero-order valence-electron chi connectivity index (χ0n) is 17.8. The number of piperazine rings is 1. The summed E-state index contributed by atoms with van der Waals surface area (Å²) in [7, 11) is 1.68. The smallest absolute Gasteiger partial charge is 0.225 e. The molecule has 0 bridgehead atoms. The van der Waals surface area contributed by atoms with E-state index in [-0.39, 0.29) is 0 Å². The quantitative estimate of drug-likeness (QED) is 0.496. The molecule has 4 heterocycles. The van der Waals surface area contributed by atoms with Gasteiger partial charge in [0.2, 0.25) is 5.95 Å². The Morgan fingerprint density at radius 2 is 1.71 bits per heavy atom. The zero-order valence-corrected chi connectivity index (χ0v) is 17.8. The van der Waals surface area contributed by atoms with E-state index >= 15 is 0 Å². The molecule has 0 radical (unpaired) electrons. The highest BCUT2D eigenvalue weighted by atomic mass is 16.5. The van der Waals surface area contributed by atoms with Crippen LogP contribution in [0, 0.1) is 0 Å². The van der Waals surface area contributed by atoms with Crippen LogP contribution in [0.15, 0.2) is 55.2 Å². The fourth-order valence-corrected chi connectivity index (χ4v) is 3.93. The minimum atomic E-state index is 0.799. The second kappa shape index (κ2) is 8.22. The summed E-state index contributed by atoms with van der Waals surface area (Å²) < 4.78 is 7.27. The number of aryl methyl sites for hydroxylation is 1. The topological polar surface area (TPSA) is 71.7 Å². The van der Waals surface area contributed by atoms with Gasteiger partial charge in [-0.05, 0) is 35.7 Å². The average molecular weight is 416 g/mol. The number of anilines is 2. The Labute approximate surface area is 181 Å². The molecular weight excluding hydrogens is 390 g/mol. The third-order valence-corrected chi connectivity index (χ3v) is 5.75. The summed E-state index contributed by atoms with van der Waals surface area (Å²) in [4.78, 5) is 18.2. The van der Waals surface area contributed by atoms with E-state index in [1.807, 2.05) is 41.3 Å². The van der Waals surface area contributed by atoms with Crippen LogP contribution in [0.1, 0.15) is 12.5 Å². The molecular formula is C23H25N7O. The summed E-state index contributed by atoms with van der Waals surface area (Å²) in [5.74, 6) is 2.59. The van der Waals surface area contributed by atoms with Crippen molar-refractivity contribution in [2.75, 3.05) is 43.1 Å². The minimum Gasteiger partial charge on any atom is -0.497 e. The molecule has 0 atom stereocenters. The van der Waals surface area contributed by atoms with Crippen molar-refractivity contribution >= 4 is 17.3 Å². The first-order valence-electron chi connectivity index (χ1n) is 10.5. The molecule has 0 N–H and O–H groups in total. The summed E-state index contributed by atoms with van der Waals surface area (Å²) in [6.07, 6.45) is 8.45. The Morgan fingerprint density at radius 1 is 0.935 bits per heavy atom. The van der Waals surface area contributed by atoms with E-state index in [0.717, 1.165) is 72.3 Å². The summed E-state index contributed by atoms with van der Waals surface area (Å²) in [5.41, 5.74) is 4.33. The van der Waals surface area contributed by atoms with Crippen molar-refractivity contribution in [3.63, 3.8) is 0 Å². The first-order chi connectivity index (χ1) is 15.2. The van der Waals surface area contributed by atoms with Gasteiger partial charge >= 0.3 is 0 Å². The Bertz CT molecular complexity index is 1180. The lowest BCUT2D eigenvalue weighted by molar-refractivity contribution is 0.415. The molecule has 31 heavy (non-hydrogen) atoms. The van der Waals surface area contributed by atoms with Gasteiger partial charge in [-0.3, -0.25) is 0 Å². The molecule has 1 aliphatic heterocycles. The molecule has 1 saturated heterocycles. The van der Waals surface area contributed by atoms with Crippen LogP contribution in [-0.2, 0) is 6.42 Å². The lowest BCUT2D eigenvalue weighted by Gasteiger charge is -2.35. The van der Waals surface area contributed by atoms with Crippen LogP contribution >= 0.6 is 0 Å². The van der Waals surface area contributed by atoms with Crippen molar-refractivity contribution in [3.8, 4) is 16.9 Å². The Kier molecular flexibility index (Phi) is 5.11. The lowest BCUT2D eigenvalue weighted by Crippen LogP contribution is -2.47. The van der Waals surface area contributed by atoms with Gasteiger partial charge in [0, 0.05) is 50.3 Å². The molecule has 0 spiro atoms. The standard InChI is InChI=1S/C23H25N7O/c1-3-17-13-24-23(25-14-17)29-9-7-28(8-10-29)22-21-12-19(15-30(21)27-16-26-22)18-5-4-6-20(11-18)31-2/h4-6,11-16H,3,7-10H2,1-2H3. The molecule has 0 amide bonds. The minimum absolute atomic E-state index is 0.799. The number of benzene rings is 1. The third-order valence-electron chi connectivity index (χ3n) is 5.75. The normalized spacial score (nSPS) is 14.3. The highest BCUT2D eigenvalue weighted by Crippen LogP contribution is 2.29. The van der Waals surface area contributed by atoms with E-state index in [9.17, 15) is 0 Å². The Morgan fingerprint density at radius 3 is 2.45 bits per heavy atom. The number of aromatic nitrogens is 5. The van der Waals surface area contributed by atoms with Gasteiger partial charge in [-0.1, -0.05) is 19.1 Å². The van der Waals surface area contributed by atoms with Crippen molar-refractivity contribution in [3.05, 3.63) is 60.8 Å². The number of hydrogen-bond donors (Lipinski definition) is 0. The second-order valence-electron chi connectivity index (χ2n) is 7.59. The molecule has 8 heteroatoms. The van der Waals surface area contributed by atoms with E-state index in [1.165, 1.54) is 0 Å². The lowest BCUT2D eigenvalue weighted by atomic mass is 10.1. The molecule has 1 fully saturated rings. The molecule has 8 nitrogen and oxygen atoms in total. The monoisotopic (exact) mass is 415 g/mol. The van der Waals surface area contributed by atoms with E-state index in [1.54, 1.807) is 13.4 Å². The van der Waals surface area contributed by atoms with Gasteiger partial charge in [0.25, 0.3) is 0 Å². The van der Waals surface area contributed by atoms with Gasteiger partial charge in [-0.2, -0.15) is 5.10 Å². The highest BCUT2D eigenvalue weighted by molar-refractivity contribution is 5.78. The maximum atomic E-state index is 5.37. The summed E-state index contributed by atoms with van der Waals surface area (Å²) in [6, 6.07) is 10.2. The summed E-state index contributed by atoms with van der Waals surface area (Å²) >= 11 is 0. The Balaban J connectivity index is 1.37. The van der Waals surface area contributed by atoms with Crippen molar-refractivity contribution in [1.82, 2.24) is 24.6 Å². The third kappa shape index (κ3) is 3.76. The van der Waals surface area contributed by atoms with E-state index < -0.39 is 0 Å². The number of methoxy groups -OCH3 is 1. The fraction of sp³-hybridized carbons (Fsp3) is 0.304. The van der Waals surface area contributed by atoms with E-state index in [4.69, 9.17) is 4.74 Å². The maximum Gasteiger partial charge on any atom is 0.225 e. The van der Waals surface area contributed by atoms with E-state index in [0.29, 0.717) is 0 Å². The van der Waals surface area contributed by atoms with Gasteiger partial charge < -0.3 is 14.5 Å². The van der Waals surface area contributed by atoms with Crippen molar-refractivity contribution < 1.29 is 4.74 Å². The van der Waals surface area contributed by atoms with Crippen LogP contribution < -0.4 is 14.5 Å². The molecule has 5 rings (SSSR count). The van der Waals surface area contributed by atoms with Gasteiger partial charge in [0.15, 0.2) is 5.82 Å². The van der Waals surface area contributed by atoms with Crippen LogP contribution in [0.5, 0.6) is 5.75 Å². The average Bonchev–Trinajstić information content (AvgIpc) is 3.29. The van der Waals surface area contributed by atoms with Crippen molar-refractivity contribution in [2.24, 2.45) is 0 Å². The summed E-state index contributed by atoms with van der Waals surface area (Å²) in [6.45, 7) is 5.52. The molecule has 4 aromatic rings. The van der Waals surface area contributed by atoms with Crippen LogP contribution in [-0.4, -0.2) is 57.9 Å². The second-order valence-corrected chi connectivity index (χ2v) is 7.59. The van der Waals surface area contributed by atoms with Crippen LogP contribution in [0.4, 0.5) is 11.8 Å². The van der Waals surface area contributed by atoms with E-state index in [2.05, 4.69) is 48.9 Å². The van der Waals surface area contributed by atoms with Gasteiger partial charge in [0.1, 0.15) is 17.6 Å². The van der Waals surface area contributed by atoms with Gasteiger partial charge in [-0.15, -0.1) is 0 Å². The van der Waals surface area contributed by atoms with Crippen LogP contribution in [0.2, 0.25) is 0 Å². The first kappa shape index (κ1) is 19.3. The Hall–Kier alpha value is -3.68. The van der Waals surface area contributed by atoms with Gasteiger partial charge in [0.05, 0.1) is 7.11 Å². The number of nitrogens with zero attached hydrogens (tertiary/aromatic N) is 7. The predicted molar refractivity (Wildman–Crippen MR) is 121 cm³/mol. The zero-order chi connectivity index (χ0) is 21.2. The van der Waals surface area contributed by atoms with Crippen molar-refractivity contribution in [2.45, 2.75) is 13.3 Å². The molecule has 0 aliphatic carbocycles. The molecule has 3 aromatic heterocycles. The molecule has 1 aliphatic rings. The number of ether oxygens (including phenoxy) is 1. The van der Waals surface area contributed by atoms with Crippen LogP contribution in [0.3, 0.4) is 0 Å². The number of fused-ring (bicyclic) bond motifs is 1. The fourth-order valence-electron chi connectivity index (χ4n) is 3.93. The predicted octanol–water partition coefficient (Wildman–Crippen LogP) is 3.08. The highest BCUT2D eigenvalue weighted by Gasteiger charge is 2.22. The molecule has 158 valence electrons. The number of hydrogen-bond acceptors (Lipinski definition) is 7. The molecule has 0 saturated carbocycles. The summed E-state index contributed by atoms with van der Waals surface area (Å²) in [5, 5.41) is 4.42. The maximum absolute atomic E-state index is 5.37. The first-order valence-corrected chi connectivity index (χ1v) is 10.5. The SMILES string of the molecule is CCc1cnc(N2CCN(c3ncnn4cc(-c5cccc(OC)c5)cc34)CC2)nc1. The van der Waals surface area contributed by atoms with Crippen molar-refractivity contribution in [1.29, 1.82) is 0 Å². The molecule has 1 aromatic carbocycles. The van der Waals surface area contributed by atoms with Crippen LogP contribution in [0.25, 0.3) is 16.6 Å².